The molecular weight excluding hydrogens is 365 g/mol. The Morgan fingerprint density at radius 2 is 1.62 bits per heavy atom. The summed E-state index contributed by atoms with van der Waals surface area (Å²) in [6.07, 6.45) is 0.758. The van der Waals surface area contributed by atoms with E-state index < -0.39 is 30.2 Å². The third kappa shape index (κ3) is 6.21. The summed E-state index contributed by atoms with van der Waals surface area (Å²) in [4.78, 5) is 0. The number of alkyl halides is 5. The highest BCUT2D eigenvalue weighted by Crippen LogP contribution is 2.39. The number of ether oxygens (including phenoxy) is 1. The van der Waals surface area contributed by atoms with Crippen LogP contribution in [0.1, 0.15) is 50.0 Å². The van der Waals surface area contributed by atoms with Crippen LogP contribution in [0.4, 0.5) is 30.7 Å². The Balaban J connectivity index is 1.89. The Hall–Kier alpha value is -1.73. The third-order valence-electron chi connectivity index (χ3n) is 4.59. The molecule has 0 spiro atoms. The zero-order chi connectivity index (χ0) is 19.3. The maximum absolute atomic E-state index is 13.8. The van der Waals surface area contributed by atoms with E-state index in [1.807, 2.05) is 0 Å². The van der Waals surface area contributed by atoms with Crippen LogP contribution in [0.15, 0.2) is 24.3 Å². The van der Waals surface area contributed by atoms with Crippen molar-refractivity contribution in [1.29, 1.82) is 0 Å². The quantitative estimate of drug-likeness (QED) is 0.390. The van der Waals surface area contributed by atoms with Crippen LogP contribution < -0.4 is 4.74 Å². The molecule has 1 aliphatic carbocycles. The van der Waals surface area contributed by atoms with E-state index in [1.165, 1.54) is 0 Å². The standard InChI is InChI=1S/C18H19F7O/c19-14-9-13(10-15(20)16(14)26-17(21)22)12-6-4-11(5-7-12)3-1-2-8-18(23,24)25/h2,8-12,17H,1,3-7H2/t11-,12-. The van der Waals surface area contributed by atoms with Gasteiger partial charge in [0, 0.05) is 6.08 Å². The highest BCUT2D eigenvalue weighted by Gasteiger charge is 2.25. The van der Waals surface area contributed by atoms with Crippen molar-refractivity contribution in [2.24, 2.45) is 5.92 Å². The molecule has 0 heterocycles. The smallest absolute Gasteiger partial charge is 0.409 e. The van der Waals surface area contributed by atoms with Gasteiger partial charge in [-0.3, -0.25) is 0 Å². The van der Waals surface area contributed by atoms with Crippen LogP contribution in [0.3, 0.4) is 0 Å². The number of hydrogen-bond donors (Lipinski definition) is 0. The van der Waals surface area contributed by atoms with E-state index >= 15 is 0 Å². The van der Waals surface area contributed by atoms with Gasteiger partial charge < -0.3 is 4.74 Å². The average Bonchev–Trinajstić information content (AvgIpc) is 2.54. The molecule has 1 nitrogen and oxygen atoms in total. The Labute approximate surface area is 146 Å². The molecule has 1 aromatic carbocycles. The van der Waals surface area contributed by atoms with Crippen LogP contribution in [0.5, 0.6) is 5.75 Å². The SMILES string of the molecule is Fc1cc([C@H]2CC[C@H](CCC=CC(F)(F)F)CC2)cc(F)c1OC(F)F. The van der Waals surface area contributed by atoms with Crippen LogP contribution in [-0.4, -0.2) is 12.8 Å². The van der Waals surface area contributed by atoms with Gasteiger partial charge in [0.05, 0.1) is 0 Å². The Kier molecular flexibility index (Phi) is 6.94. The molecule has 0 radical (unpaired) electrons. The fraction of sp³-hybridized carbons (Fsp3) is 0.556. The van der Waals surface area contributed by atoms with Crippen molar-refractivity contribution in [1.82, 2.24) is 0 Å². The number of hydrogen-bond acceptors (Lipinski definition) is 1. The Bertz CT molecular complexity index is 593. The first-order valence-electron chi connectivity index (χ1n) is 8.34. The van der Waals surface area contributed by atoms with Crippen molar-refractivity contribution >= 4 is 0 Å². The summed E-state index contributed by atoms with van der Waals surface area (Å²) in [5.41, 5.74) is 0.386. The fourth-order valence-electron chi connectivity index (χ4n) is 3.35. The first-order chi connectivity index (χ1) is 12.2. The lowest BCUT2D eigenvalue weighted by atomic mass is 9.77. The minimum absolute atomic E-state index is 0.110. The van der Waals surface area contributed by atoms with Crippen molar-refractivity contribution in [3.63, 3.8) is 0 Å². The molecule has 146 valence electrons. The van der Waals surface area contributed by atoms with Gasteiger partial charge in [-0.2, -0.15) is 22.0 Å². The number of allylic oxidation sites excluding steroid dienone is 2. The summed E-state index contributed by atoms with van der Waals surface area (Å²) in [6, 6.07) is 2.02. The molecule has 1 fully saturated rings. The molecule has 0 aromatic heterocycles. The zero-order valence-corrected chi connectivity index (χ0v) is 13.8. The minimum Gasteiger partial charge on any atom is -0.429 e. The van der Waals surface area contributed by atoms with Gasteiger partial charge in [0.2, 0.25) is 0 Å². The molecule has 0 unspecified atom stereocenters. The topological polar surface area (TPSA) is 9.23 Å². The molecule has 0 bridgehead atoms. The average molecular weight is 384 g/mol. The van der Waals surface area contributed by atoms with Crippen LogP contribution in [0.25, 0.3) is 0 Å². The summed E-state index contributed by atoms with van der Waals surface area (Å²) in [5, 5.41) is 0. The van der Waals surface area contributed by atoms with E-state index in [0.29, 0.717) is 31.2 Å². The number of rotatable bonds is 6. The molecule has 0 amide bonds. The molecule has 1 aromatic rings. The highest BCUT2D eigenvalue weighted by atomic mass is 19.4. The van der Waals surface area contributed by atoms with E-state index in [1.54, 1.807) is 0 Å². The van der Waals surface area contributed by atoms with Crippen molar-refractivity contribution in [3.05, 3.63) is 41.5 Å². The van der Waals surface area contributed by atoms with E-state index in [4.69, 9.17) is 0 Å². The van der Waals surface area contributed by atoms with E-state index in [0.717, 1.165) is 31.1 Å². The number of benzene rings is 1. The van der Waals surface area contributed by atoms with Gasteiger partial charge in [-0.15, -0.1) is 0 Å². The predicted molar refractivity (Wildman–Crippen MR) is 82.1 cm³/mol. The van der Waals surface area contributed by atoms with Crippen LogP contribution >= 0.6 is 0 Å². The lowest BCUT2D eigenvalue weighted by Crippen LogP contribution is -2.14. The van der Waals surface area contributed by atoms with Gasteiger partial charge in [0.25, 0.3) is 0 Å². The molecule has 8 heteroatoms. The molecule has 1 saturated carbocycles. The van der Waals surface area contributed by atoms with Crippen molar-refractivity contribution in [2.75, 3.05) is 0 Å². The summed E-state index contributed by atoms with van der Waals surface area (Å²) in [7, 11) is 0. The first-order valence-corrected chi connectivity index (χ1v) is 8.34. The molecule has 0 saturated heterocycles. The molecule has 0 atom stereocenters. The maximum Gasteiger partial charge on any atom is 0.409 e. The monoisotopic (exact) mass is 384 g/mol. The van der Waals surface area contributed by atoms with E-state index in [2.05, 4.69) is 4.74 Å². The normalized spacial score (nSPS) is 21.5. The fourth-order valence-corrected chi connectivity index (χ4v) is 3.35. The molecule has 26 heavy (non-hydrogen) atoms. The molecule has 1 aliphatic rings. The lowest BCUT2D eigenvalue weighted by Gasteiger charge is -2.29. The van der Waals surface area contributed by atoms with Crippen LogP contribution in [0.2, 0.25) is 0 Å². The van der Waals surface area contributed by atoms with Gasteiger partial charge in [-0.05, 0) is 68.1 Å². The summed E-state index contributed by atoms with van der Waals surface area (Å²) in [5.74, 6) is -3.27. The molecular formula is C18H19F7O. The second-order valence-electron chi connectivity index (χ2n) is 6.43. The zero-order valence-electron chi connectivity index (χ0n) is 13.8. The highest BCUT2D eigenvalue weighted by molar-refractivity contribution is 5.33. The summed E-state index contributed by atoms with van der Waals surface area (Å²) < 4.78 is 91.8. The lowest BCUT2D eigenvalue weighted by molar-refractivity contribution is -0.0800. The maximum atomic E-state index is 13.8. The van der Waals surface area contributed by atoms with E-state index in [9.17, 15) is 30.7 Å². The van der Waals surface area contributed by atoms with Gasteiger partial charge in [-0.25, -0.2) is 8.78 Å². The largest absolute Gasteiger partial charge is 0.429 e. The molecule has 0 aliphatic heterocycles. The van der Waals surface area contributed by atoms with Gasteiger partial charge in [0.15, 0.2) is 17.4 Å². The van der Waals surface area contributed by atoms with Gasteiger partial charge in [0.1, 0.15) is 0 Å². The van der Waals surface area contributed by atoms with Crippen LogP contribution in [-0.2, 0) is 0 Å². The third-order valence-corrected chi connectivity index (χ3v) is 4.59. The van der Waals surface area contributed by atoms with Crippen molar-refractivity contribution in [2.45, 2.75) is 57.2 Å². The summed E-state index contributed by atoms with van der Waals surface area (Å²) in [6.45, 7) is -3.31. The van der Waals surface area contributed by atoms with E-state index in [-0.39, 0.29) is 17.9 Å². The first kappa shape index (κ1) is 20.6. The predicted octanol–water partition coefficient (Wildman–Crippen LogP) is 6.74. The van der Waals surface area contributed by atoms with Crippen molar-refractivity contribution < 1.29 is 35.5 Å². The summed E-state index contributed by atoms with van der Waals surface area (Å²) >= 11 is 0. The second-order valence-corrected chi connectivity index (χ2v) is 6.43. The Morgan fingerprint density at radius 1 is 1.04 bits per heavy atom. The van der Waals surface area contributed by atoms with Gasteiger partial charge in [-0.1, -0.05) is 6.08 Å². The Morgan fingerprint density at radius 3 is 2.12 bits per heavy atom. The van der Waals surface area contributed by atoms with Gasteiger partial charge >= 0.3 is 12.8 Å². The number of halogens is 7. The minimum atomic E-state index is -4.30. The molecule has 2 rings (SSSR count). The van der Waals surface area contributed by atoms with Crippen molar-refractivity contribution in [3.8, 4) is 5.75 Å². The van der Waals surface area contributed by atoms with Crippen LogP contribution in [0, 0.1) is 17.6 Å². The molecule has 0 N–H and O–H groups in total. The second kappa shape index (κ2) is 8.77.